The second-order valence-electron chi connectivity index (χ2n) is 5.27. The number of rotatable bonds is 0. The van der Waals surface area contributed by atoms with Crippen molar-refractivity contribution in [1.82, 2.24) is 0 Å². The molecule has 0 heterocycles. The molecule has 1 unspecified atom stereocenters. The Morgan fingerprint density at radius 2 is 1.86 bits per heavy atom. The molecule has 0 amide bonds. The first-order valence-corrected chi connectivity index (χ1v) is 5.26. The average molecular weight is 190 g/mol. The highest BCUT2D eigenvalue weighted by molar-refractivity contribution is 5.38. The summed E-state index contributed by atoms with van der Waals surface area (Å²) in [6.45, 7) is 6.32. The van der Waals surface area contributed by atoms with Gasteiger partial charge in [-0.3, -0.25) is 0 Å². The SMILES string of the molecule is CC(C)(C)C1(O)CCc2ccccc21. The van der Waals surface area contributed by atoms with Crippen molar-refractivity contribution >= 4 is 0 Å². The van der Waals surface area contributed by atoms with E-state index in [2.05, 4.69) is 32.9 Å². The molecule has 1 nitrogen and oxygen atoms in total. The lowest BCUT2D eigenvalue weighted by atomic mass is 9.73. The molecule has 1 heteroatoms. The molecule has 1 aliphatic rings. The van der Waals surface area contributed by atoms with Crippen LogP contribution < -0.4 is 0 Å². The van der Waals surface area contributed by atoms with Gasteiger partial charge in [-0.15, -0.1) is 0 Å². The fourth-order valence-corrected chi connectivity index (χ4v) is 2.37. The standard InChI is InChI=1S/C13H18O/c1-12(2,3)13(14)9-8-10-6-4-5-7-11(10)13/h4-7,14H,8-9H2,1-3H3. The van der Waals surface area contributed by atoms with Crippen LogP contribution in [0, 0.1) is 5.41 Å². The fraction of sp³-hybridized carbons (Fsp3) is 0.538. The topological polar surface area (TPSA) is 20.2 Å². The van der Waals surface area contributed by atoms with Gasteiger partial charge in [-0.25, -0.2) is 0 Å². The van der Waals surface area contributed by atoms with Gasteiger partial charge >= 0.3 is 0 Å². The highest BCUT2D eigenvalue weighted by Crippen LogP contribution is 2.48. The molecule has 14 heavy (non-hydrogen) atoms. The monoisotopic (exact) mass is 190 g/mol. The fourth-order valence-electron chi connectivity index (χ4n) is 2.37. The predicted molar refractivity (Wildman–Crippen MR) is 58.1 cm³/mol. The molecule has 2 rings (SSSR count). The zero-order chi connectivity index (χ0) is 10.4. The Balaban J connectivity index is 2.53. The van der Waals surface area contributed by atoms with Crippen LogP contribution in [0.15, 0.2) is 24.3 Å². The van der Waals surface area contributed by atoms with Crippen molar-refractivity contribution in [3.05, 3.63) is 35.4 Å². The van der Waals surface area contributed by atoms with Crippen LogP contribution in [0.25, 0.3) is 0 Å². The van der Waals surface area contributed by atoms with Crippen LogP contribution in [0.2, 0.25) is 0 Å². The molecule has 0 radical (unpaired) electrons. The van der Waals surface area contributed by atoms with Crippen LogP contribution in [0.5, 0.6) is 0 Å². The molecule has 0 bridgehead atoms. The molecular weight excluding hydrogens is 172 g/mol. The lowest BCUT2D eigenvalue weighted by Crippen LogP contribution is -2.37. The molecule has 0 saturated heterocycles. The van der Waals surface area contributed by atoms with Gasteiger partial charge in [0.1, 0.15) is 0 Å². The van der Waals surface area contributed by atoms with E-state index in [1.165, 1.54) is 5.56 Å². The molecule has 0 saturated carbocycles. The van der Waals surface area contributed by atoms with Crippen molar-refractivity contribution < 1.29 is 5.11 Å². The van der Waals surface area contributed by atoms with Crippen molar-refractivity contribution in [3.63, 3.8) is 0 Å². The van der Waals surface area contributed by atoms with E-state index in [0.717, 1.165) is 18.4 Å². The first-order chi connectivity index (χ1) is 6.45. The van der Waals surface area contributed by atoms with Gasteiger partial charge in [0, 0.05) is 0 Å². The maximum atomic E-state index is 10.7. The van der Waals surface area contributed by atoms with E-state index in [0.29, 0.717) is 0 Å². The van der Waals surface area contributed by atoms with Crippen LogP contribution in [0.3, 0.4) is 0 Å². The van der Waals surface area contributed by atoms with Gasteiger partial charge in [0.15, 0.2) is 0 Å². The molecule has 0 aliphatic heterocycles. The van der Waals surface area contributed by atoms with E-state index < -0.39 is 5.60 Å². The van der Waals surface area contributed by atoms with E-state index in [1.54, 1.807) is 0 Å². The Kier molecular flexibility index (Phi) is 1.97. The highest BCUT2D eigenvalue weighted by Gasteiger charge is 2.45. The molecule has 0 aromatic heterocycles. The van der Waals surface area contributed by atoms with Gasteiger partial charge < -0.3 is 5.11 Å². The summed E-state index contributed by atoms with van der Waals surface area (Å²) in [6.07, 6.45) is 1.86. The third-order valence-electron chi connectivity index (χ3n) is 3.46. The zero-order valence-electron chi connectivity index (χ0n) is 9.17. The third-order valence-corrected chi connectivity index (χ3v) is 3.46. The minimum atomic E-state index is -0.635. The minimum Gasteiger partial charge on any atom is -0.385 e. The van der Waals surface area contributed by atoms with Crippen molar-refractivity contribution in [2.24, 2.45) is 5.41 Å². The lowest BCUT2D eigenvalue weighted by Gasteiger charge is -2.38. The summed E-state index contributed by atoms with van der Waals surface area (Å²) in [4.78, 5) is 0. The number of aryl methyl sites for hydroxylation is 1. The van der Waals surface area contributed by atoms with Crippen LogP contribution in [0.1, 0.15) is 38.3 Å². The smallest absolute Gasteiger partial charge is 0.0950 e. The predicted octanol–water partition coefficient (Wildman–Crippen LogP) is 2.87. The van der Waals surface area contributed by atoms with E-state index >= 15 is 0 Å². The van der Waals surface area contributed by atoms with Crippen LogP contribution in [-0.2, 0) is 12.0 Å². The second kappa shape index (κ2) is 2.83. The number of aliphatic hydroxyl groups is 1. The maximum Gasteiger partial charge on any atom is 0.0950 e. The van der Waals surface area contributed by atoms with Crippen LogP contribution in [-0.4, -0.2) is 5.11 Å². The summed E-state index contributed by atoms with van der Waals surface area (Å²) in [5.41, 5.74) is 1.72. The molecule has 76 valence electrons. The number of benzene rings is 1. The summed E-state index contributed by atoms with van der Waals surface area (Å²) in [5.74, 6) is 0. The van der Waals surface area contributed by atoms with Gasteiger partial charge in [-0.05, 0) is 29.4 Å². The van der Waals surface area contributed by atoms with Crippen LogP contribution in [0.4, 0.5) is 0 Å². The van der Waals surface area contributed by atoms with Gasteiger partial charge in [-0.2, -0.15) is 0 Å². The van der Waals surface area contributed by atoms with Crippen molar-refractivity contribution in [3.8, 4) is 0 Å². The molecule has 1 N–H and O–H groups in total. The Bertz CT molecular complexity index is 348. The molecule has 0 spiro atoms. The summed E-state index contributed by atoms with van der Waals surface area (Å²) < 4.78 is 0. The van der Waals surface area contributed by atoms with E-state index in [1.807, 2.05) is 12.1 Å². The van der Waals surface area contributed by atoms with E-state index in [9.17, 15) is 5.11 Å². The minimum absolute atomic E-state index is 0.0837. The largest absolute Gasteiger partial charge is 0.385 e. The molecule has 1 aromatic rings. The Morgan fingerprint density at radius 3 is 2.50 bits per heavy atom. The first kappa shape index (κ1) is 9.72. The highest BCUT2D eigenvalue weighted by atomic mass is 16.3. The van der Waals surface area contributed by atoms with E-state index in [-0.39, 0.29) is 5.41 Å². The van der Waals surface area contributed by atoms with Gasteiger partial charge in [-0.1, -0.05) is 45.0 Å². The Labute approximate surface area is 85.8 Å². The van der Waals surface area contributed by atoms with Gasteiger partial charge in [0.2, 0.25) is 0 Å². The number of hydrogen-bond donors (Lipinski definition) is 1. The number of hydrogen-bond acceptors (Lipinski definition) is 1. The lowest BCUT2D eigenvalue weighted by molar-refractivity contribution is -0.0622. The number of fused-ring (bicyclic) bond motifs is 1. The summed E-state index contributed by atoms with van der Waals surface area (Å²) in [7, 11) is 0. The van der Waals surface area contributed by atoms with Crippen molar-refractivity contribution in [1.29, 1.82) is 0 Å². The first-order valence-electron chi connectivity index (χ1n) is 5.26. The van der Waals surface area contributed by atoms with Crippen molar-refractivity contribution in [2.45, 2.75) is 39.2 Å². The molecule has 0 fully saturated rings. The summed E-state index contributed by atoms with van der Waals surface area (Å²) in [5, 5.41) is 10.7. The molecule has 1 aromatic carbocycles. The zero-order valence-corrected chi connectivity index (χ0v) is 9.17. The quantitative estimate of drug-likeness (QED) is 0.667. The molecule has 1 atom stereocenters. The maximum absolute atomic E-state index is 10.7. The summed E-state index contributed by atoms with van der Waals surface area (Å²) in [6, 6.07) is 8.25. The average Bonchev–Trinajstić information content (AvgIpc) is 2.45. The molecule has 1 aliphatic carbocycles. The second-order valence-corrected chi connectivity index (χ2v) is 5.27. The normalized spacial score (nSPS) is 26.3. The summed E-state index contributed by atoms with van der Waals surface area (Å²) >= 11 is 0. The van der Waals surface area contributed by atoms with E-state index in [4.69, 9.17) is 0 Å². The van der Waals surface area contributed by atoms with Crippen molar-refractivity contribution in [2.75, 3.05) is 0 Å². The van der Waals surface area contributed by atoms with Crippen LogP contribution >= 0.6 is 0 Å². The molecular formula is C13H18O. The Morgan fingerprint density at radius 1 is 1.21 bits per heavy atom. The van der Waals surface area contributed by atoms with Gasteiger partial charge in [0.05, 0.1) is 5.60 Å². The third kappa shape index (κ3) is 1.19. The Hall–Kier alpha value is -0.820. The van der Waals surface area contributed by atoms with Gasteiger partial charge in [0.25, 0.3) is 0 Å².